The number of thioether (sulfide) groups is 1. The van der Waals surface area contributed by atoms with Crippen molar-refractivity contribution in [3.63, 3.8) is 0 Å². The van der Waals surface area contributed by atoms with Crippen LogP contribution in [-0.2, 0) is 5.75 Å². The lowest BCUT2D eigenvalue weighted by Gasteiger charge is -2.25. The second-order valence-electron chi connectivity index (χ2n) is 5.71. The maximum absolute atomic E-state index is 6.17. The molecule has 0 amide bonds. The summed E-state index contributed by atoms with van der Waals surface area (Å²) in [7, 11) is 0. The third-order valence-electron chi connectivity index (χ3n) is 4.01. The van der Waals surface area contributed by atoms with Crippen molar-refractivity contribution in [1.82, 2.24) is 10.1 Å². The van der Waals surface area contributed by atoms with Crippen LogP contribution >= 0.6 is 11.8 Å². The van der Waals surface area contributed by atoms with Gasteiger partial charge >= 0.3 is 0 Å². The van der Waals surface area contributed by atoms with Gasteiger partial charge in [-0.1, -0.05) is 35.7 Å². The van der Waals surface area contributed by atoms with Crippen molar-refractivity contribution in [2.24, 2.45) is 5.73 Å². The van der Waals surface area contributed by atoms with Crippen LogP contribution in [0.25, 0.3) is 0 Å². The normalized spacial score (nSPS) is 22.4. The van der Waals surface area contributed by atoms with Crippen LogP contribution in [0.2, 0.25) is 0 Å². The smallest absolute Gasteiger partial charge is 0.231 e. The number of hydrogen-bond acceptors (Lipinski definition) is 5. The van der Waals surface area contributed by atoms with Gasteiger partial charge in [0.1, 0.15) is 0 Å². The van der Waals surface area contributed by atoms with Crippen LogP contribution in [0.4, 0.5) is 0 Å². The summed E-state index contributed by atoms with van der Waals surface area (Å²) in [5.41, 5.74) is 7.44. The molecule has 1 heterocycles. The van der Waals surface area contributed by atoms with Crippen molar-refractivity contribution < 1.29 is 4.52 Å². The van der Waals surface area contributed by atoms with Crippen LogP contribution in [0, 0.1) is 6.92 Å². The van der Waals surface area contributed by atoms with Crippen LogP contribution in [0.1, 0.15) is 48.9 Å². The first kappa shape index (κ1) is 14.6. The molecule has 0 bridgehead atoms. The summed E-state index contributed by atoms with van der Waals surface area (Å²) in [6.07, 6.45) is 4.53. The Labute approximate surface area is 129 Å². The van der Waals surface area contributed by atoms with E-state index in [1.54, 1.807) is 11.8 Å². The summed E-state index contributed by atoms with van der Waals surface area (Å²) in [5.74, 6) is 2.45. The average Bonchev–Trinajstić information content (AvgIpc) is 2.96. The van der Waals surface area contributed by atoms with Crippen LogP contribution in [0.3, 0.4) is 0 Å². The number of aryl methyl sites for hydroxylation is 1. The molecule has 0 radical (unpaired) electrons. The molecule has 2 atom stereocenters. The molecule has 0 saturated heterocycles. The molecule has 3 rings (SSSR count). The summed E-state index contributed by atoms with van der Waals surface area (Å²) in [5, 5.41) is 4.10. The number of aromatic nitrogens is 2. The highest BCUT2D eigenvalue weighted by Gasteiger charge is 2.28. The molecule has 4 nitrogen and oxygen atoms in total. The number of nitrogens with two attached hydrogens (primary N) is 1. The zero-order valence-electron chi connectivity index (χ0n) is 12.3. The van der Waals surface area contributed by atoms with E-state index in [2.05, 4.69) is 41.3 Å². The van der Waals surface area contributed by atoms with Gasteiger partial charge in [-0.05, 0) is 31.9 Å². The Morgan fingerprint density at radius 1 is 1.24 bits per heavy atom. The SMILES string of the molecule is Cc1ccc(SCc2noc(C3CCCCC3N)n2)cc1. The second-order valence-corrected chi connectivity index (χ2v) is 6.75. The van der Waals surface area contributed by atoms with E-state index in [9.17, 15) is 0 Å². The lowest BCUT2D eigenvalue weighted by atomic mass is 9.85. The molecule has 2 unspecified atom stereocenters. The summed E-state index contributed by atoms with van der Waals surface area (Å²) < 4.78 is 5.43. The first-order chi connectivity index (χ1) is 10.2. The largest absolute Gasteiger partial charge is 0.339 e. The Morgan fingerprint density at radius 3 is 2.76 bits per heavy atom. The van der Waals surface area contributed by atoms with E-state index < -0.39 is 0 Å². The molecule has 21 heavy (non-hydrogen) atoms. The van der Waals surface area contributed by atoms with Gasteiger partial charge in [0.25, 0.3) is 0 Å². The maximum atomic E-state index is 6.17. The van der Waals surface area contributed by atoms with Gasteiger partial charge in [-0.25, -0.2) is 0 Å². The fourth-order valence-electron chi connectivity index (χ4n) is 2.73. The Kier molecular flexibility index (Phi) is 4.60. The molecule has 0 spiro atoms. The van der Waals surface area contributed by atoms with Crippen molar-refractivity contribution in [3.8, 4) is 0 Å². The number of nitrogens with zero attached hydrogens (tertiary/aromatic N) is 2. The zero-order valence-corrected chi connectivity index (χ0v) is 13.1. The zero-order chi connectivity index (χ0) is 14.7. The molecule has 1 aliphatic carbocycles. The molecule has 112 valence electrons. The Balaban J connectivity index is 1.61. The minimum atomic E-state index is 0.164. The number of benzene rings is 1. The topological polar surface area (TPSA) is 64.9 Å². The van der Waals surface area contributed by atoms with Gasteiger partial charge in [0.15, 0.2) is 5.82 Å². The van der Waals surface area contributed by atoms with E-state index in [0.29, 0.717) is 0 Å². The van der Waals surface area contributed by atoms with Crippen molar-refractivity contribution >= 4 is 11.8 Å². The van der Waals surface area contributed by atoms with Crippen LogP contribution < -0.4 is 5.73 Å². The van der Waals surface area contributed by atoms with Crippen LogP contribution in [-0.4, -0.2) is 16.2 Å². The lowest BCUT2D eigenvalue weighted by Crippen LogP contribution is -2.31. The second kappa shape index (κ2) is 6.62. The van der Waals surface area contributed by atoms with Crippen molar-refractivity contribution in [2.75, 3.05) is 0 Å². The Hall–Kier alpha value is -1.33. The monoisotopic (exact) mass is 303 g/mol. The summed E-state index contributed by atoms with van der Waals surface area (Å²) in [6.45, 7) is 2.09. The third kappa shape index (κ3) is 3.66. The number of hydrogen-bond donors (Lipinski definition) is 1. The van der Waals surface area contributed by atoms with Gasteiger partial charge in [-0.3, -0.25) is 0 Å². The Bertz CT molecular complexity index is 581. The van der Waals surface area contributed by atoms with Gasteiger partial charge in [-0.15, -0.1) is 11.8 Å². The maximum Gasteiger partial charge on any atom is 0.231 e. The van der Waals surface area contributed by atoms with Crippen molar-refractivity contribution in [3.05, 3.63) is 41.5 Å². The van der Waals surface area contributed by atoms with Crippen molar-refractivity contribution in [1.29, 1.82) is 0 Å². The molecule has 1 aromatic heterocycles. The van der Waals surface area contributed by atoms with E-state index in [4.69, 9.17) is 10.3 Å². The number of rotatable bonds is 4. The summed E-state index contributed by atoms with van der Waals surface area (Å²) in [6, 6.07) is 8.64. The molecule has 5 heteroatoms. The molecule has 1 saturated carbocycles. The van der Waals surface area contributed by atoms with Crippen LogP contribution in [0.15, 0.2) is 33.7 Å². The van der Waals surface area contributed by atoms with Crippen molar-refractivity contribution in [2.45, 2.75) is 55.2 Å². The van der Waals surface area contributed by atoms with E-state index >= 15 is 0 Å². The fraction of sp³-hybridized carbons (Fsp3) is 0.500. The van der Waals surface area contributed by atoms with E-state index in [1.165, 1.54) is 23.3 Å². The van der Waals surface area contributed by atoms with E-state index in [-0.39, 0.29) is 12.0 Å². The van der Waals surface area contributed by atoms with Gasteiger partial charge in [0.2, 0.25) is 5.89 Å². The standard InChI is InChI=1S/C16H21N3OS/c1-11-6-8-12(9-7-11)21-10-15-18-16(20-19-15)13-4-2-3-5-14(13)17/h6-9,13-14H,2-5,10,17H2,1H3. The molecular weight excluding hydrogens is 282 g/mol. The molecule has 1 aliphatic rings. The highest BCUT2D eigenvalue weighted by molar-refractivity contribution is 7.98. The first-order valence-corrected chi connectivity index (χ1v) is 8.48. The third-order valence-corrected chi connectivity index (χ3v) is 5.02. The van der Waals surface area contributed by atoms with Gasteiger partial charge in [0.05, 0.1) is 11.7 Å². The first-order valence-electron chi connectivity index (χ1n) is 7.50. The fourth-order valence-corrected chi connectivity index (χ4v) is 3.47. The minimum Gasteiger partial charge on any atom is -0.339 e. The van der Waals surface area contributed by atoms with E-state index in [0.717, 1.165) is 30.3 Å². The van der Waals surface area contributed by atoms with E-state index in [1.807, 2.05) is 0 Å². The molecule has 1 fully saturated rings. The molecular formula is C16H21N3OS. The summed E-state index contributed by atoms with van der Waals surface area (Å²) >= 11 is 1.73. The summed E-state index contributed by atoms with van der Waals surface area (Å²) in [4.78, 5) is 5.76. The molecule has 2 aromatic rings. The minimum absolute atomic E-state index is 0.164. The van der Waals surface area contributed by atoms with Gasteiger partial charge in [-0.2, -0.15) is 4.98 Å². The predicted molar refractivity (Wildman–Crippen MR) is 84.2 cm³/mol. The van der Waals surface area contributed by atoms with Gasteiger partial charge in [0, 0.05) is 10.9 Å². The highest BCUT2D eigenvalue weighted by atomic mass is 32.2. The van der Waals surface area contributed by atoms with Crippen LogP contribution in [0.5, 0.6) is 0 Å². The lowest BCUT2D eigenvalue weighted by molar-refractivity contribution is 0.289. The molecule has 2 N–H and O–H groups in total. The molecule has 1 aromatic carbocycles. The predicted octanol–water partition coefficient (Wildman–Crippen LogP) is 3.66. The molecule has 0 aliphatic heterocycles. The highest BCUT2D eigenvalue weighted by Crippen LogP contribution is 2.31. The Morgan fingerprint density at radius 2 is 2.00 bits per heavy atom. The average molecular weight is 303 g/mol. The van der Waals surface area contributed by atoms with Gasteiger partial charge < -0.3 is 10.3 Å². The quantitative estimate of drug-likeness (QED) is 0.873.